The number of aryl methyl sites for hydroxylation is 2. The molecule has 0 aliphatic carbocycles. The second-order valence-electron chi connectivity index (χ2n) is 5.12. The van der Waals surface area contributed by atoms with Crippen molar-refractivity contribution >= 4 is 11.4 Å². The number of nitrogens with zero attached hydrogens (tertiary/aromatic N) is 3. The highest BCUT2D eigenvalue weighted by Gasteiger charge is 2.17. The van der Waals surface area contributed by atoms with Crippen molar-refractivity contribution in [2.75, 3.05) is 17.2 Å². The van der Waals surface area contributed by atoms with Crippen LogP contribution < -0.4 is 10.6 Å². The Morgan fingerprint density at radius 3 is 3.05 bits per heavy atom. The van der Waals surface area contributed by atoms with E-state index in [1.807, 2.05) is 16.9 Å². The normalized spacial score (nSPS) is 14.5. The standard InChI is InChI=1S/C15H20N4/c1-2-19-11-12(9-17-19)10-18-7-3-4-13-5-6-14(16)8-15(13)18/h5-6,8-9,11H,2-4,7,10,16H2,1H3. The zero-order valence-electron chi connectivity index (χ0n) is 11.3. The Bertz CT molecular complexity index is 573. The van der Waals surface area contributed by atoms with Gasteiger partial charge in [0.2, 0.25) is 0 Å². The van der Waals surface area contributed by atoms with Gasteiger partial charge in [-0.2, -0.15) is 5.10 Å². The Kier molecular flexibility index (Phi) is 3.15. The maximum absolute atomic E-state index is 5.92. The van der Waals surface area contributed by atoms with Gasteiger partial charge in [0.25, 0.3) is 0 Å². The van der Waals surface area contributed by atoms with Crippen molar-refractivity contribution in [2.45, 2.75) is 32.9 Å². The van der Waals surface area contributed by atoms with Gasteiger partial charge >= 0.3 is 0 Å². The quantitative estimate of drug-likeness (QED) is 0.858. The molecule has 0 bridgehead atoms. The molecule has 19 heavy (non-hydrogen) atoms. The predicted octanol–water partition coefficient (Wildman–Crippen LogP) is 2.44. The smallest absolute Gasteiger partial charge is 0.0539 e. The van der Waals surface area contributed by atoms with Crippen LogP contribution in [0.5, 0.6) is 0 Å². The van der Waals surface area contributed by atoms with Gasteiger partial charge in [0, 0.05) is 42.8 Å². The number of aromatic nitrogens is 2. The van der Waals surface area contributed by atoms with Gasteiger partial charge in [-0.05, 0) is 37.5 Å². The third-order valence-corrected chi connectivity index (χ3v) is 3.71. The van der Waals surface area contributed by atoms with Gasteiger partial charge in [-0.15, -0.1) is 0 Å². The van der Waals surface area contributed by atoms with E-state index in [9.17, 15) is 0 Å². The van der Waals surface area contributed by atoms with Gasteiger partial charge in [0.15, 0.2) is 0 Å². The van der Waals surface area contributed by atoms with Crippen molar-refractivity contribution < 1.29 is 0 Å². The topological polar surface area (TPSA) is 47.1 Å². The molecule has 100 valence electrons. The van der Waals surface area contributed by atoms with Crippen molar-refractivity contribution in [3.63, 3.8) is 0 Å². The van der Waals surface area contributed by atoms with E-state index in [1.165, 1.54) is 23.2 Å². The molecular weight excluding hydrogens is 236 g/mol. The Morgan fingerprint density at radius 1 is 1.37 bits per heavy atom. The van der Waals surface area contributed by atoms with Gasteiger partial charge in [-0.3, -0.25) is 4.68 Å². The first kappa shape index (κ1) is 12.1. The number of anilines is 2. The number of benzene rings is 1. The summed E-state index contributed by atoms with van der Waals surface area (Å²) in [5.41, 5.74) is 10.7. The van der Waals surface area contributed by atoms with E-state index in [1.54, 1.807) is 0 Å². The van der Waals surface area contributed by atoms with Gasteiger partial charge in [-0.1, -0.05) is 6.07 Å². The van der Waals surface area contributed by atoms with Crippen LogP contribution in [0.3, 0.4) is 0 Å². The van der Waals surface area contributed by atoms with E-state index >= 15 is 0 Å². The first-order chi connectivity index (χ1) is 9.26. The first-order valence-electron chi connectivity index (χ1n) is 6.91. The van der Waals surface area contributed by atoms with Crippen LogP contribution in [0, 0.1) is 0 Å². The molecule has 1 aromatic carbocycles. The first-order valence-corrected chi connectivity index (χ1v) is 6.91. The summed E-state index contributed by atoms with van der Waals surface area (Å²) in [6.07, 6.45) is 6.45. The van der Waals surface area contributed by atoms with E-state index in [-0.39, 0.29) is 0 Å². The third kappa shape index (κ3) is 2.43. The van der Waals surface area contributed by atoms with Crippen LogP contribution in [-0.2, 0) is 19.5 Å². The lowest BCUT2D eigenvalue weighted by Gasteiger charge is -2.31. The maximum atomic E-state index is 5.92. The molecule has 0 unspecified atom stereocenters. The molecular formula is C15H20N4. The molecule has 0 radical (unpaired) electrons. The molecule has 4 nitrogen and oxygen atoms in total. The average molecular weight is 256 g/mol. The van der Waals surface area contributed by atoms with E-state index in [4.69, 9.17) is 5.73 Å². The molecule has 0 atom stereocenters. The molecule has 3 rings (SSSR count). The van der Waals surface area contributed by atoms with Crippen molar-refractivity contribution in [3.8, 4) is 0 Å². The Hall–Kier alpha value is -1.97. The van der Waals surface area contributed by atoms with Crippen LogP contribution in [-0.4, -0.2) is 16.3 Å². The fourth-order valence-electron chi connectivity index (χ4n) is 2.71. The lowest BCUT2D eigenvalue weighted by atomic mass is 10.0. The van der Waals surface area contributed by atoms with E-state index in [0.29, 0.717) is 0 Å². The molecule has 0 fully saturated rings. The fourth-order valence-corrected chi connectivity index (χ4v) is 2.71. The molecule has 4 heteroatoms. The van der Waals surface area contributed by atoms with Gasteiger partial charge < -0.3 is 10.6 Å². The molecule has 0 amide bonds. The van der Waals surface area contributed by atoms with Gasteiger partial charge in [0.1, 0.15) is 0 Å². The van der Waals surface area contributed by atoms with Crippen LogP contribution >= 0.6 is 0 Å². The van der Waals surface area contributed by atoms with Crippen molar-refractivity contribution in [1.29, 1.82) is 0 Å². The molecule has 0 saturated heterocycles. The molecule has 1 aliphatic heterocycles. The van der Waals surface area contributed by atoms with Crippen LogP contribution in [0.4, 0.5) is 11.4 Å². The van der Waals surface area contributed by atoms with Crippen LogP contribution in [0.15, 0.2) is 30.6 Å². The number of fused-ring (bicyclic) bond motifs is 1. The monoisotopic (exact) mass is 256 g/mol. The summed E-state index contributed by atoms with van der Waals surface area (Å²) in [7, 11) is 0. The van der Waals surface area contributed by atoms with Crippen LogP contribution in [0.25, 0.3) is 0 Å². The van der Waals surface area contributed by atoms with E-state index in [0.717, 1.165) is 31.7 Å². The summed E-state index contributed by atoms with van der Waals surface area (Å²) in [6.45, 7) is 5.03. The van der Waals surface area contributed by atoms with Crippen molar-refractivity contribution in [2.24, 2.45) is 0 Å². The molecule has 0 saturated carbocycles. The van der Waals surface area contributed by atoms with Crippen molar-refractivity contribution in [1.82, 2.24) is 9.78 Å². The minimum absolute atomic E-state index is 0.843. The Labute approximate surface area is 113 Å². The molecule has 2 N–H and O–H groups in total. The zero-order chi connectivity index (χ0) is 13.2. The highest BCUT2D eigenvalue weighted by Crippen LogP contribution is 2.30. The van der Waals surface area contributed by atoms with E-state index in [2.05, 4.69) is 35.3 Å². The van der Waals surface area contributed by atoms with Crippen LogP contribution in [0.1, 0.15) is 24.5 Å². The highest BCUT2D eigenvalue weighted by molar-refractivity contribution is 5.62. The van der Waals surface area contributed by atoms with Crippen LogP contribution in [0.2, 0.25) is 0 Å². The molecule has 2 aromatic rings. The third-order valence-electron chi connectivity index (χ3n) is 3.71. The van der Waals surface area contributed by atoms with Crippen molar-refractivity contribution in [3.05, 3.63) is 41.7 Å². The number of nitrogens with two attached hydrogens (primary N) is 1. The maximum Gasteiger partial charge on any atom is 0.0539 e. The summed E-state index contributed by atoms with van der Waals surface area (Å²) < 4.78 is 1.97. The molecule has 1 aromatic heterocycles. The summed E-state index contributed by atoms with van der Waals surface area (Å²) in [4.78, 5) is 2.41. The number of hydrogen-bond acceptors (Lipinski definition) is 3. The number of rotatable bonds is 3. The number of hydrogen-bond donors (Lipinski definition) is 1. The lowest BCUT2D eigenvalue weighted by molar-refractivity contribution is 0.657. The SMILES string of the molecule is CCn1cc(CN2CCCc3ccc(N)cc32)cn1. The summed E-state index contributed by atoms with van der Waals surface area (Å²) in [5, 5.41) is 4.34. The largest absolute Gasteiger partial charge is 0.399 e. The molecule has 2 heterocycles. The Balaban J connectivity index is 1.84. The zero-order valence-corrected chi connectivity index (χ0v) is 11.3. The number of nitrogen functional groups attached to an aromatic ring is 1. The van der Waals surface area contributed by atoms with Gasteiger partial charge in [0.05, 0.1) is 6.20 Å². The van der Waals surface area contributed by atoms with Gasteiger partial charge in [-0.25, -0.2) is 0 Å². The average Bonchev–Trinajstić information content (AvgIpc) is 2.87. The summed E-state index contributed by atoms with van der Waals surface area (Å²) >= 11 is 0. The summed E-state index contributed by atoms with van der Waals surface area (Å²) in [5.74, 6) is 0. The lowest BCUT2D eigenvalue weighted by Crippen LogP contribution is -2.28. The molecule has 1 aliphatic rings. The minimum Gasteiger partial charge on any atom is -0.399 e. The Morgan fingerprint density at radius 2 is 2.26 bits per heavy atom. The highest BCUT2D eigenvalue weighted by atomic mass is 15.3. The van der Waals surface area contributed by atoms with E-state index < -0.39 is 0 Å². The second kappa shape index (κ2) is 4.96. The molecule has 0 spiro atoms. The minimum atomic E-state index is 0.843. The summed E-state index contributed by atoms with van der Waals surface area (Å²) in [6, 6.07) is 6.25. The fraction of sp³-hybridized carbons (Fsp3) is 0.400. The predicted molar refractivity (Wildman–Crippen MR) is 78.1 cm³/mol. The second-order valence-corrected chi connectivity index (χ2v) is 5.12.